The number of amides is 1. The monoisotopic (exact) mass is 277 g/mol. The number of carbonyl (C=O) groups excluding carboxylic acids is 1. The molecule has 0 aliphatic rings. The predicted octanol–water partition coefficient (Wildman–Crippen LogP) is 3.73. The smallest absolute Gasteiger partial charge is 0.244 e. The third-order valence-electron chi connectivity index (χ3n) is 2.35. The van der Waals surface area contributed by atoms with Gasteiger partial charge >= 0.3 is 0 Å². The first kappa shape index (κ1) is 12.9. The van der Waals surface area contributed by atoms with E-state index in [2.05, 4.69) is 5.32 Å². The Morgan fingerprint density at radius 1 is 1.28 bits per heavy atom. The van der Waals surface area contributed by atoms with Gasteiger partial charge in [-0.2, -0.15) is 11.3 Å². The van der Waals surface area contributed by atoms with E-state index in [4.69, 9.17) is 11.6 Å². The third kappa shape index (κ3) is 4.02. The first-order chi connectivity index (χ1) is 8.74. The van der Waals surface area contributed by atoms with Gasteiger partial charge in [-0.3, -0.25) is 4.79 Å². The zero-order valence-corrected chi connectivity index (χ0v) is 11.2. The van der Waals surface area contributed by atoms with Crippen molar-refractivity contribution in [1.29, 1.82) is 0 Å². The van der Waals surface area contributed by atoms with Crippen molar-refractivity contribution in [3.63, 3.8) is 0 Å². The van der Waals surface area contributed by atoms with Crippen molar-refractivity contribution in [2.45, 2.75) is 6.54 Å². The van der Waals surface area contributed by atoms with Gasteiger partial charge in [-0.1, -0.05) is 23.7 Å². The van der Waals surface area contributed by atoms with Crippen LogP contribution in [-0.4, -0.2) is 5.91 Å². The lowest BCUT2D eigenvalue weighted by molar-refractivity contribution is -0.116. The summed E-state index contributed by atoms with van der Waals surface area (Å²) < 4.78 is 0. The van der Waals surface area contributed by atoms with Crippen molar-refractivity contribution in [3.8, 4) is 0 Å². The number of rotatable bonds is 4. The number of nitrogens with one attached hydrogen (secondary N) is 1. The number of halogens is 1. The molecule has 0 saturated heterocycles. The van der Waals surface area contributed by atoms with Gasteiger partial charge in [0.15, 0.2) is 0 Å². The fourth-order valence-electron chi connectivity index (χ4n) is 1.39. The Morgan fingerprint density at radius 3 is 2.72 bits per heavy atom. The molecule has 1 N–H and O–H groups in total. The molecule has 0 spiro atoms. The van der Waals surface area contributed by atoms with Crippen molar-refractivity contribution in [1.82, 2.24) is 5.32 Å². The minimum absolute atomic E-state index is 0.101. The standard InChI is InChI=1S/C14H12ClNOS/c15-13-4-1-11(2-5-13)9-16-14(17)6-3-12-7-8-18-10-12/h1-8,10H,9H2,(H,16,17)/b6-3+. The summed E-state index contributed by atoms with van der Waals surface area (Å²) in [6.45, 7) is 0.504. The number of hydrogen-bond donors (Lipinski definition) is 1. The quantitative estimate of drug-likeness (QED) is 0.848. The summed E-state index contributed by atoms with van der Waals surface area (Å²) in [5, 5.41) is 7.48. The van der Waals surface area contributed by atoms with Gasteiger partial charge < -0.3 is 5.32 Å². The minimum atomic E-state index is -0.101. The molecule has 0 atom stereocenters. The molecule has 0 aliphatic carbocycles. The molecular weight excluding hydrogens is 266 g/mol. The SMILES string of the molecule is O=C(/C=C/c1ccsc1)NCc1ccc(Cl)cc1. The Morgan fingerprint density at radius 2 is 2.06 bits per heavy atom. The van der Waals surface area contributed by atoms with E-state index in [1.807, 2.05) is 41.1 Å². The minimum Gasteiger partial charge on any atom is -0.348 e. The largest absolute Gasteiger partial charge is 0.348 e. The van der Waals surface area contributed by atoms with Crippen LogP contribution in [0.25, 0.3) is 6.08 Å². The Labute approximate surface area is 115 Å². The fraction of sp³-hybridized carbons (Fsp3) is 0.0714. The van der Waals surface area contributed by atoms with E-state index in [0.29, 0.717) is 11.6 Å². The zero-order valence-electron chi connectivity index (χ0n) is 9.60. The maximum absolute atomic E-state index is 11.6. The summed E-state index contributed by atoms with van der Waals surface area (Å²) in [6.07, 6.45) is 3.34. The van der Waals surface area contributed by atoms with Gasteiger partial charge in [0.25, 0.3) is 0 Å². The van der Waals surface area contributed by atoms with E-state index >= 15 is 0 Å². The molecule has 2 aromatic rings. The first-order valence-corrected chi connectivity index (χ1v) is 6.79. The van der Waals surface area contributed by atoms with Crippen LogP contribution in [0.1, 0.15) is 11.1 Å². The van der Waals surface area contributed by atoms with Crippen LogP contribution in [-0.2, 0) is 11.3 Å². The summed E-state index contributed by atoms with van der Waals surface area (Å²) in [7, 11) is 0. The van der Waals surface area contributed by atoms with Crippen LogP contribution in [0, 0.1) is 0 Å². The first-order valence-electron chi connectivity index (χ1n) is 5.46. The number of carbonyl (C=O) groups is 1. The van der Waals surface area contributed by atoms with Crippen molar-refractivity contribution in [3.05, 3.63) is 63.3 Å². The molecule has 0 saturated carbocycles. The van der Waals surface area contributed by atoms with Gasteiger partial charge in [0.1, 0.15) is 0 Å². The molecule has 1 amide bonds. The molecule has 0 fully saturated rings. The highest BCUT2D eigenvalue weighted by Gasteiger charge is 1.97. The summed E-state index contributed by atoms with van der Waals surface area (Å²) >= 11 is 7.39. The van der Waals surface area contributed by atoms with Crippen LogP contribution in [0.5, 0.6) is 0 Å². The average Bonchev–Trinajstić information content (AvgIpc) is 2.89. The topological polar surface area (TPSA) is 29.1 Å². The molecule has 92 valence electrons. The predicted molar refractivity (Wildman–Crippen MR) is 76.7 cm³/mol. The number of hydrogen-bond acceptors (Lipinski definition) is 2. The molecule has 4 heteroatoms. The highest BCUT2D eigenvalue weighted by molar-refractivity contribution is 7.08. The molecule has 1 aromatic carbocycles. The van der Waals surface area contributed by atoms with E-state index in [9.17, 15) is 4.79 Å². The molecule has 0 radical (unpaired) electrons. The van der Waals surface area contributed by atoms with Crippen molar-refractivity contribution >= 4 is 34.9 Å². The van der Waals surface area contributed by atoms with Gasteiger partial charge in [-0.15, -0.1) is 0 Å². The molecular formula is C14H12ClNOS. The van der Waals surface area contributed by atoms with Crippen LogP contribution in [0.15, 0.2) is 47.2 Å². The molecule has 18 heavy (non-hydrogen) atoms. The molecule has 0 aliphatic heterocycles. The summed E-state index contributed by atoms with van der Waals surface area (Å²) in [5.74, 6) is -0.101. The van der Waals surface area contributed by atoms with Gasteiger partial charge in [-0.25, -0.2) is 0 Å². The molecule has 2 rings (SSSR count). The van der Waals surface area contributed by atoms with E-state index in [1.165, 1.54) is 6.08 Å². The highest BCUT2D eigenvalue weighted by Crippen LogP contribution is 2.09. The van der Waals surface area contributed by atoms with Gasteiger partial charge in [0.2, 0.25) is 5.91 Å². The molecule has 2 nitrogen and oxygen atoms in total. The Balaban J connectivity index is 1.83. The Bertz CT molecular complexity index is 531. The second-order valence-electron chi connectivity index (χ2n) is 3.73. The molecule has 0 bridgehead atoms. The molecule has 0 unspecified atom stereocenters. The maximum atomic E-state index is 11.6. The lowest BCUT2D eigenvalue weighted by Gasteiger charge is -2.02. The average molecular weight is 278 g/mol. The summed E-state index contributed by atoms with van der Waals surface area (Å²) in [6, 6.07) is 9.37. The molecule has 1 aromatic heterocycles. The van der Waals surface area contributed by atoms with Gasteiger partial charge in [0, 0.05) is 17.6 Å². The van der Waals surface area contributed by atoms with Crippen LogP contribution in [0.3, 0.4) is 0 Å². The number of benzene rings is 1. The van der Waals surface area contributed by atoms with E-state index < -0.39 is 0 Å². The van der Waals surface area contributed by atoms with Crippen LogP contribution in [0.4, 0.5) is 0 Å². The third-order valence-corrected chi connectivity index (χ3v) is 3.30. The lowest BCUT2D eigenvalue weighted by Crippen LogP contribution is -2.20. The lowest BCUT2D eigenvalue weighted by atomic mass is 10.2. The summed E-state index contributed by atoms with van der Waals surface area (Å²) in [5.41, 5.74) is 2.07. The van der Waals surface area contributed by atoms with Gasteiger partial charge in [-0.05, 0) is 46.2 Å². The zero-order chi connectivity index (χ0) is 12.8. The van der Waals surface area contributed by atoms with E-state index in [1.54, 1.807) is 17.4 Å². The van der Waals surface area contributed by atoms with Crippen LogP contribution >= 0.6 is 22.9 Å². The fourth-order valence-corrected chi connectivity index (χ4v) is 2.15. The van der Waals surface area contributed by atoms with Crippen molar-refractivity contribution in [2.24, 2.45) is 0 Å². The van der Waals surface area contributed by atoms with Crippen LogP contribution < -0.4 is 5.32 Å². The second-order valence-corrected chi connectivity index (χ2v) is 4.95. The van der Waals surface area contributed by atoms with Gasteiger partial charge in [0.05, 0.1) is 0 Å². The highest BCUT2D eigenvalue weighted by atomic mass is 35.5. The van der Waals surface area contributed by atoms with Crippen molar-refractivity contribution < 1.29 is 4.79 Å². The second kappa shape index (κ2) is 6.38. The number of thiophene rings is 1. The maximum Gasteiger partial charge on any atom is 0.244 e. The summed E-state index contributed by atoms with van der Waals surface area (Å²) in [4.78, 5) is 11.6. The molecule has 1 heterocycles. The normalized spacial score (nSPS) is 10.7. The van der Waals surface area contributed by atoms with E-state index in [0.717, 1.165) is 11.1 Å². The van der Waals surface area contributed by atoms with E-state index in [-0.39, 0.29) is 5.91 Å². The Hall–Kier alpha value is -1.58. The Kier molecular flexibility index (Phi) is 4.56. The van der Waals surface area contributed by atoms with Crippen LogP contribution in [0.2, 0.25) is 5.02 Å². The van der Waals surface area contributed by atoms with Crippen molar-refractivity contribution in [2.75, 3.05) is 0 Å².